The molecule has 4 nitrogen and oxygen atoms in total. The summed E-state index contributed by atoms with van der Waals surface area (Å²) in [7, 11) is 0. The molecule has 0 saturated heterocycles. The molecule has 1 atom stereocenters. The molecule has 0 spiro atoms. The molecule has 2 rings (SSSR count). The van der Waals surface area contributed by atoms with E-state index in [0.717, 1.165) is 17.0 Å². The smallest absolute Gasteiger partial charge is 0.271 e. The number of benzene rings is 1. The van der Waals surface area contributed by atoms with Gasteiger partial charge in [0, 0.05) is 16.9 Å². The van der Waals surface area contributed by atoms with Gasteiger partial charge in [-0.05, 0) is 18.1 Å². The largest absolute Gasteiger partial charge is 0.347 e. The Morgan fingerprint density at radius 2 is 2.25 bits per heavy atom. The fourth-order valence-electron chi connectivity index (χ4n) is 1.64. The molecule has 0 radical (unpaired) electrons. The van der Waals surface area contributed by atoms with Crippen molar-refractivity contribution in [2.75, 3.05) is 0 Å². The van der Waals surface area contributed by atoms with Crippen LogP contribution >= 0.6 is 22.9 Å². The van der Waals surface area contributed by atoms with Gasteiger partial charge in [0.1, 0.15) is 10.7 Å². The molecule has 20 heavy (non-hydrogen) atoms. The fourth-order valence-corrected chi connectivity index (χ4v) is 2.73. The van der Waals surface area contributed by atoms with Crippen LogP contribution in [0, 0.1) is 0 Å². The highest BCUT2D eigenvalue weighted by molar-refractivity contribution is 7.09. The highest BCUT2D eigenvalue weighted by Gasteiger charge is 2.14. The Morgan fingerprint density at radius 3 is 2.95 bits per heavy atom. The third-order valence-corrected chi connectivity index (χ3v) is 4.25. The fraction of sp³-hybridized carbons (Fsp3) is 0.286. The van der Waals surface area contributed by atoms with E-state index < -0.39 is 0 Å². The van der Waals surface area contributed by atoms with E-state index in [-0.39, 0.29) is 11.9 Å². The van der Waals surface area contributed by atoms with Crippen LogP contribution in [0.15, 0.2) is 29.6 Å². The summed E-state index contributed by atoms with van der Waals surface area (Å²) in [5, 5.41) is 5.96. The lowest BCUT2D eigenvalue weighted by Crippen LogP contribution is -2.23. The lowest BCUT2D eigenvalue weighted by atomic mass is 10.2. The van der Waals surface area contributed by atoms with E-state index in [1.54, 1.807) is 11.4 Å². The zero-order valence-corrected chi connectivity index (χ0v) is 12.7. The Balaban J connectivity index is 1.99. The lowest BCUT2D eigenvalue weighted by molar-refractivity contribution is 0.0946. The third-order valence-electron chi connectivity index (χ3n) is 2.91. The summed E-state index contributed by atoms with van der Waals surface area (Å²) in [6, 6.07) is 7.30. The summed E-state index contributed by atoms with van der Waals surface area (Å²) in [5.74, 6) is -0.212. The van der Waals surface area contributed by atoms with Crippen LogP contribution < -0.4 is 11.1 Å². The highest BCUT2D eigenvalue weighted by atomic mass is 35.5. The summed E-state index contributed by atoms with van der Waals surface area (Å²) >= 11 is 7.45. The Labute approximate surface area is 127 Å². The average Bonchev–Trinajstić information content (AvgIpc) is 2.95. The van der Waals surface area contributed by atoms with E-state index in [2.05, 4.69) is 10.3 Å². The van der Waals surface area contributed by atoms with Crippen LogP contribution in [0.2, 0.25) is 5.02 Å². The summed E-state index contributed by atoms with van der Waals surface area (Å²) in [4.78, 5) is 16.3. The van der Waals surface area contributed by atoms with Crippen LogP contribution in [-0.4, -0.2) is 10.9 Å². The molecular weight excluding hydrogens is 294 g/mol. The molecule has 1 aromatic carbocycles. The second kappa shape index (κ2) is 6.83. The van der Waals surface area contributed by atoms with E-state index >= 15 is 0 Å². The maximum absolute atomic E-state index is 12.0. The van der Waals surface area contributed by atoms with Gasteiger partial charge in [0.2, 0.25) is 0 Å². The lowest BCUT2D eigenvalue weighted by Gasteiger charge is -2.05. The summed E-state index contributed by atoms with van der Waals surface area (Å²) in [5.41, 5.74) is 7.17. The molecule has 0 aliphatic carbocycles. The molecule has 0 fully saturated rings. The Bertz CT molecular complexity index is 600. The van der Waals surface area contributed by atoms with Gasteiger partial charge >= 0.3 is 0 Å². The first-order chi connectivity index (χ1) is 9.61. The van der Waals surface area contributed by atoms with E-state index in [9.17, 15) is 4.79 Å². The Hall–Kier alpha value is -1.43. The number of nitrogens with zero attached hydrogens (tertiary/aromatic N) is 1. The first-order valence-electron chi connectivity index (χ1n) is 6.34. The number of rotatable bonds is 5. The van der Waals surface area contributed by atoms with Crippen molar-refractivity contribution in [2.45, 2.75) is 25.9 Å². The summed E-state index contributed by atoms with van der Waals surface area (Å²) in [6.07, 6.45) is 0.800. The van der Waals surface area contributed by atoms with E-state index in [1.165, 1.54) is 11.3 Å². The minimum absolute atomic E-state index is 0.106. The van der Waals surface area contributed by atoms with Crippen LogP contribution in [0.25, 0.3) is 0 Å². The summed E-state index contributed by atoms with van der Waals surface area (Å²) < 4.78 is 0. The van der Waals surface area contributed by atoms with Gasteiger partial charge in [-0.15, -0.1) is 11.3 Å². The number of halogens is 1. The molecular formula is C14H16ClN3OS. The van der Waals surface area contributed by atoms with Gasteiger partial charge in [-0.2, -0.15) is 0 Å². The first-order valence-corrected chi connectivity index (χ1v) is 7.60. The van der Waals surface area contributed by atoms with Gasteiger partial charge in [-0.25, -0.2) is 4.98 Å². The molecule has 2 aromatic rings. The van der Waals surface area contributed by atoms with Crippen LogP contribution in [0.1, 0.15) is 40.4 Å². The molecule has 1 heterocycles. The molecule has 1 aromatic heterocycles. The van der Waals surface area contributed by atoms with Crippen LogP contribution in [0.4, 0.5) is 0 Å². The molecule has 0 bridgehead atoms. The number of carbonyl (C=O) groups excluding carboxylic acids is 1. The average molecular weight is 310 g/mol. The number of aromatic nitrogens is 1. The van der Waals surface area contributed by atoms with E-state index in [4.69, 9.17) is 17.3 Å². The van der Waals surface area contributed by atoms with Crippen molar-refractivity contribution in [3.8, 4) is 0 Å². The second-order valence-electron chi connectivity index (χ2n) is 4.36. The van der Waals surface area contributed by atoms with Gasteiger partial charge in [0.25, 0.3) is 5.91 Å². The molecule has 1 amide bonds. The SMILES string of the molecule is CCC(N)c1nc(C(=O)NCc2ccccc2Cl)cs1. The van der Waals surface area contributed by atoms with E-state index in [0.29, 0.717) is 17.3 Å². The number of nitrogens with two attached hydrogens (primary N) is 1. The molecule has 1 unspecified atom stereocenters. The highest BCUT2D eigenvalue weighted by Crippen LogP contribution is 2.19. The maximum atomic E-state index is 12.0. The number of thiazole rings is 1. The molecule has 3 N–H and O–H groups in total. The number of amides is 1. The normalized spacial score (nSPS) is 12.2. The minimum Gasteiger partial charge on any atom is -0.347 e. The van der Waals surface area contributed by atoms with Crippen molar-refractivity contribution in [1.29, 1.82) is 0 Å². The zero-order valence-electron chi connectivity index (χ0n) is 11.1. The van der Waals surface area contributed by atoms with Crippen molar-refractivity contribution < 1.29 is 4.79 Å². The minimum atomic E-state index is -0.212. The Morgan fingerprint density at radius 1 is 1.50 bits per heavy atom. The molecule has 6 heteroatoms. The van der Waals surface area contributed by atoms with Crippen molar-refractivity contribution >= 4 is 28.8 Å². The second-order valence-corrected chi connectivity index (χ2v) is 5.66. The summed E-state index contributed by atoms with van der Waals surface area (Å²) in [6.45, 7) is 2.37. The van der Waals surface area contributed by atoms with Crippen molar-refractivity contribution in [3.05, 3.63) is 50.9 Å². The standard InChI is InChI=1S/C14H16ClN3OS/c1-2-11(16)14-18-12(8-20-14)13(19)17-7-9-5-3-4-6-10(9)15/h3-6,8,11H,2,7,16H2,1H3,(H,17,19). The predicted molar refractivity (Wildman–Crippen MR) is 82.0 cm³/mol. The predicted octanol–water partition coefficient (Wildman–Crippen LogP) is 3.14. The first kappa shape index (κ1) is 15.0. The number of nitrogens with one attached hydrogen (secondary N) is 1. The van der Waals surface area contributed by atoms with Crippen molar-refractivity contribution in [3.63, 3.8) is 0 Å². The monoisotopic (exact) mass is 309 g/mol. The molecule has 0 aliphatic rings. The van der Waals surface area contributed by atoms with Crippen molar-refractivity contribution in [2.24, 2.45) is 5.73 Å². The Kier molecular flexibility index (Phi) is 5.11. The number of hydrogen-bond acceptors (Lipinski definition) is 4. The molecule has 0 saturated carbocycles. The third kappa shape index (κ3) is 3.56. The quantitative estimate of drug-likeness (QED) is 0.891. The van der Waals surface area contributed by atoms with Crippen LogP contribution in [-0.2, 0) is 6.54 Å². The van der Waals surface area contributed by atoms with Gasteiger partial charge in [-0.3, -0.25) is 4.79 Å². The van der Waals surface area contributed by atoms with Gasteiger partial charge in [0.05, 0.1) is 6.04 Å². The zero-order chi connectivity index (χ0) is 14.5. The maximum Gasteiger partial charge on any atom is 0.271 e. The van der Waals surface area contributed by atoms with Gasteiger partial charge in [0.15, 0.2) is 0 Å². The number of hydrogen-bond donors (Lipinski definition) is 2. The topological polar surface area (TPSA) is 68.0 Å². The van der Waals surface area contributed by atoms with E-state index in [1.807, 2.05) is 25.1 Å². The van der Waals surface area contributed by atoms with Crippen LogP contribution in [0.5, 0.6) is 0 Å². The van der Waals surface area contributed by atoms with Crippen LogP contribution in [0.3, 0.4) is 0 Å². The number of carbonyl (C=O) groups is 1. The van der Waals surface area contributed by atoms with Gasteiger partial charge < -0.3 is 11.1 Å². The van der Waals surface area contributed by atoms with Crippen molar-refractivity contribution in [1.82, 2.24) is 10.3 Å². The molecule has 106 valence electrons. The molecule has 0 aliphatic heterocycles. The van der Waals surface area contributed by atoms with Gasteiger partial charge in [-0.1, -0.05) is 36.7 Å².